The third-order valence-electron chi connectivity index (χ3n) is 3.21. The normalized spacial score (nSPS) is 21.0. The second-order valence-corrected chi connectivity index (χ2v) is 4.44. The van der Waals surface area contributed by atoms with Gasteiger partial charge in [-0.2, -0.15) is 0 Å². The van der Waals surface area contributed by atoms with E-state index in [4.69, 9.17) is 4.42 Å². The van der Waals surface area contributed by atoms with Crippen LogP contribution in [0.25, 0.3) is 0 Å². The number of benzene rings is 1. The van der Waals surface area contributed by atoms with Crippen LogP contribution in [0.5, 0.6) is 0 Å². The maximum atomic E-state index is 12.0. The predicted octanol–water partition coefficient (Wildman–Crippen LogP) is 1.69. The second-order valence-electron chi connectivity index (χ2n) is 4.44. The molecule has 0 unspecified atom stereocenters. The van der Waals surface area contributed by atoms with Gasteiger partial charge >= 0.3 is 0 Å². The monoisotopic (exact) mass is 257 g/mol. The number of hydrogen-bond acceptors (Lipinski definition) is 4. The van der Waals surface area contributed by atoms with E-state index in [-0.39, 0.29) is 12.2 Å². The van der Waals surface area contributed by atoms with Gasteiger partial charge in [-0.25, -0.2) is 0 Å². The lowest BCUT2D eigenvalue weighted by molar-refractivity contribution is -0.133. The van der Waals surface area contributed by atoms with Gasteiger partial charge in [0.25, 0.3) is 5.91 Å². The predicted molar refractivity (Wildman–Crippen MR) is 66.6 cm³/mol. The lowest BCUT2D eigenvalue weighted by atomic mass is 9.89. The van der Waals surface area contributed by atoms with Crippen molar-refractivity contribution in [2.24, 2.45) is 0 Å². The Hall–Kier alpha value is -2.40. The molecule has 2 N–H and O–H groups in total. The number of rotatable bonds is 3. The van der Waals surface area contributed by atoms with Crippen LogP contribution in [-0.4, -0.2) is 16.8 Å². The molecule has 0 spiro atoms. The summed E-state index contributed by atoms with van der Waals surface area (Å²) in [7, 11) is 0. The van der Waals surface area contributed by atoms with Crippen molar-refractivity contribution in [2.75, 3.05) is 5.32 Å². The van der Waals surface area contributed by atoms with Gasteiger partial charge in [-0.3, -0.25) is 9.59 Å². The summed E-state index contributed by atoms with van der Waals surface area (Å²) in [6.07, 6.45) is 1.03. The summed E-state index contributed by atoms with van der Waals surface area (Å²) in [5.74, 6) is -0.876. The van der Waals surface area contributed by atoms with Gasteiger partial charge in [-0.15, -0.1) is 0 Å². The number of aliphatic hydroxyl groups is 1. The highest BCUT2D eigenvalue weighted by Gasteiger charge is 2.46. The fourth-order valence-corrected chi connectivity index (χ4v) is 2.23. The van der Waals surface area contributed by atoms with Crippen molar-refractivity contribution in [1.29, 1.82) is 0 Å². The number of ketones is 1. The SMILES string of the molecule is O=C(C[C@@]1(O)C(=O)Nc2ccccc21)c1ccco1. The summed E-state index contributed by atoms with van der Waals surface area (Å²) in [5.41, 5.74) is -0.886. The number of para-hydroxylation sites is 1. The van der Waals surface area contributed by atoms with E-state index >= 15 is 0 Å². The molecule has 0 bridgehead atoms. The molecule has 1 aromatic carbocycles. The minimum absolute atomic E-state index is 0.130. The van der Waals surface area contributed by atoms with Crippen molar-refractivity contribution in [3.63, 3.8) is 0 Å². The zero-order valence-electron chi connectivity index (χ0n) is 9.92. The number of anilines is 1. The standard InChI is InChI=1S/C14H11NO4/c16-11(12-6-3-7-19-12)8-14(18)9-4-1-2-5-10(9)15-13(14)17/h1-7,18H,8H2,(H,15,17)/t14-/m0/s1. The van der Waals surface area contributed by atoms with Gasteiger partial charge in [0, 0.05) is 11.3 Å². The van der Waals surface area contributed by atoms with E-state index < -0.39 is 17.3 Å². The van der Waals surface area contributed by atoms with E-state index in [1.165, 1.54) is 12.3 Å². The number of nitrogens with one attached hydrogen (secondary N) is 1. The molecule has 96 valence electrons. The summed E-state index contributed by atoms with van der Waals surface area (Å²) < 4.78 is 4.98. The van der Waals surface area contributed by atoms with Crippen LogP contribution in [0.1, 0.15) is 22.5 Å². The van der Waals surface area contributed by atoms with Crippen molar-refractivity contribution >= 4 is 17.4 Å². The number of furan rings is 1. The molecule has 0 fully saturated rings. The molecule has 0 saturated carbocycles. The first kappa shape index (κ1) is 11.7. The first-order chi connectivity index (χ1) is 9.11. The van der Waals surface area contributed by atoms with Crippen LogP contribution < -0.4 is 5.32 Å². The van der Waals surface area contributed by atoms with Crippen LogP contribution in [-0.2, 0) is 10.4 Å². The number of amides is 1. The van der Waals surface area contributed by atoms with E-state index in [0.29, 0.717) is 11.3 Å². The molecule has 1 aromatic heterocycles. The van der Waals surface area contributed by atoms with Gasteiger partial charge in [-0.1, -0.05) is 18.2 Å². The first-order valence-corrected chi connectivity index (χ1v) is 5.81. The van der Waals surface area contributed by atoms with Gasteiger partial charge in [-0.05, 0) is 18.2 Å². The highest BCUT2D eigenvalue weighted by Crippen LogP contribution is 2.38. The van der Waals surface area contributed by atoms with Crippen molar-refractivity contribution < 1.29 is 19.1 Å². The highest BCUT2D eigenvalue weighted by molar-refractivity contribution is 6.08. The van der Waals surface area contributed by atoms with Crippen molar-refractivity contribution in [1.82, 2.24) is 0 Å². The van der Waals surface area contributed by atoms with Crippen LogP contribution in [0.15, 0.2) is 47.1 Å². The smallest absolute Gasteiger partial charge is 0.261 e. The molecule has 0 aliphatic carbocycles. The molecular formula is C14H11NO4. The number of hydrogen-bond donors (Lipinski definition) is 2. The molecule has 1 atom stereocenters. The molecule has 1 aliphatic rings. The van der Waals surface area contributed by atoms with E-state index in [2.05, 4.69) is 5.32 Å². The molecule has 0 saturated heterocycles. The van der Waals surface area contributed by atoms with Crippen LogP contribution in [0, 0.1) is 0 Å². The maximum Gasteiger partial charge on any atom is 0.261 e. The van der Waals surface area contributed by atoms with Gasteiger partial charge in [0.15, 0.2) is 11.4 Å². The highest BCUT2D eigenvalue weighted by atomic mass is 16.3. The zero-order valence-corrected chi connectivity index (χ0v) is 9.92. The average molecular weight is 257 g/mol. The quantitative estimate of drug-likeness (QED) is 0.820. The van der Waals surface area contributed by atoms with E-state index in [1.54, 1.807) is 30.3 Å². The lowest BCUT2D eigenvalue weighted by Crippen LogP contribution is -2.36. The van der Waals surface area contributed by atoms with Crippen molar-refractivity contribution in [2.45, 2.75) is 12.0 Å². The molecule has 5 heteroatoms. The number of fused-ring (bicyclic) bond motifs is 1. The summed E-state index contributed by atoms with van der Waals surface area (Å²) in [6, 6.07) is 9.86. The van der Waals surface area contributed by atoms with Crippen LogP contribution in [0.4, 0.5) is 5.69 Å². The Bertz CT molecular complexity index is 647. The van der Waals surface area contributed by atoms with Gasteiger partial charge in [0.1, 0.15) is 0 Å². The number of carbonyl (C=O) groups is 2. The van der Waals surface area contributed by atoms with Crippen LogP contribution in [0.2, 0.25) is 0 Å². The molecule has 2 aromatic rings. The number of carbonyl (C=O) groups excluding carboxylic acids is 2. The third kappa shape index (κ3) is 1.75. The topological polar surface area (TPSA) is 79.5 Å². The molecule has 1 amide bonds. The van der Waals surface area contributed by atoms with Crippen LogP contribution >= 0.6 is 0 Å². The summed E-state index contributed by atoms with van der Waals surface area (Å²) in [6.45, 7) is 0. The molecule has 19 heavy (non-hydrogen) atoms. The van der Waals surface area contributed by atoms with E-state index in [0.717, 1.165) is 0 Å². The van der Waals surface area contributed by atoms with Crippen molar-refractivity contribution in [3.05, 3.63) is 54.0 Å². The third-order valence-corrected chi connectivity index (χ3v) is 3.21. The molecule has 1 aliphatic heterocycles. The Labute approximate surface area is 108 Å². The first-order valence-electron chi connectivity index (χ1n) is 5.81. The fourth-order valence-electron chi connectivity index (χ4n) is 2.23. The minimum atomic E-state index is -1.83. The van der Waals surface area contributed by atoms with Gasteiger partial charge in [0.05, 0.1) is 12.7 Å². The second kappa shape index (κ2) is 4.07. The lowest BCUT2D eigenvalue weighted by Gasteiger charge is -2.19. The Morgan fingerprint density at radius 1 is 1.26 bits per heavy atom. The van der Waals surface area contributed by atoms with E-state index in [1.807, 2.05) is 0 Å². The van der Waals surface area contributed by atoms with Crippen molar-refractivity contribution in [3.8, 4) is 0 Å². The summed E-state index contributed by atoms with van der Waals surface area (Å²) in [4.78, 5) is 23.9. The van der Waals surface area contributed by atoms with Crippen LogP contribution in [0.3, 0.4) is 0 Å². The summed E-state index contributed by atoms with van der Waals surface area (Å²) >= 11 is 0. The van der Waals surface area contributed by atoms with E-state index in [9.17, 15) is 14.7 Å². The maximum absolute atomic E-state index is 12.0. The molecule has 5 nitrogen and oxygen atoms in total. The Morgan fingerprint density at radius 2 is 2.05 bits per heavy atom. The Morgan fingerprint density at radius 3 is 2.79 bits per heavy atom. The fraction of sp³-hybridized carbons (Fsp3) is 0.143. The molecule has 2 heterocycles. The summed E-state index contributed by atoms with van der Waals surface area (Å²) in [5, 5.41) is 13.1. The Kier molecular flexibility index (Phi) is 2.50. The van der Waals surface area contributed by atoms with Gasteiger partial charge in [0.2, 0.25) is 5.78 Å². The molecule has 0 radical (unpaired) electrons. The largest absolute Gasteiger partial charge is 0.461 e. The molecule has 3 rings (SSSR count). The zero-order chi connectivity index (χ0) is 13.5. The molecular weight excluding hydrogens is 246 g/mol. The minimum Gasteiger partial charge on any atom is -0.461 e. The van der Waals surface area contributed by atoms with Gasteiger partial charge < -0.3 is 14.8 Å². The number of Topliss-reactive ketones (excluding diaryl/α,β-unsaturated/α-hetero) is 1. The Balaban J connectivity index is 1.95. The average Bonchev–Trinajstić information content (AvgIpc) is 2.99.